The SMILES string of the molecule is COc1cccc(N2C[C@@H](C(=O)NCCNC(=O)C3CC3)CC2=O)c1. The zero-order valence-corrected chi connectivity index (χ0v) is 14.3. The molecular weight excluding hydrogens is 322 g/mol. The summed E-state index contributed by atoms with van der Waals surface area (Å²) in [6.07, 6.45) is 2.11. The lowest BCUT2D eigenvalue weighted by Gasteiger charge is -2.17. The number of hydrogen-bond acceptors (Lipinski definition) is 4. The number of nitrogens with zero attached hydrogens (tertiary/aromatic N) is 1. The molecular formula is C18H23N3O4. The Morgan fingerprint density at radius 2 is 1.84 bits per heavy atom. The highest BCUT2D eigenvalue weighted by molar-refractivity contribution is 6.00. The number of anilines is 1. The number of methoxy groups -OCH3 is 1. The van der Waals surface area contributed by atoms with Crippen LogP contribution in [0.15, 0.2) is 24.3 Å². The topological polar surface area (TPSA) is 87.7 Å². The zero-order valence-electron chi connectivity index (χ0n) is 14.3. The second kappa shape index (κ2) is 7.55. The van der Waals surface area contributed by atoms with Crippen molar-refractivity contribution in [1.82, 2.24) is 10.6 Å². The predicted molar refractivity (Wildman–Crippen MR) is 92.2 cm³/mol. The molecule has 1 heterocycles. The van der Waals surface area contributed by atoms with Crippen molar-refractivity contribution < 1.29 is 19.1 Å². The Hall–Kier alpha value is -2.57. The van der Waals surface area contributed by atoms with E-state index >= 15 is 0 Å². The standard InChI is InChI=1S/C18H23N3O4/c1-25-15-4-2-3-14(10-15)21-11-13(9-16(21)22)18(24)20-8-7-19-17(23)12-5-6-12/h2-4,10,12-13H,5-9,11H2,1H3,(H,19,23)(H,20,24)/t13-/m0/s1. The maximum Gasteiger partial charge on any atom is 0.227 e. The smallest absolute Gasteiger partial charge is 0.227 e. The van der Waals surface area contributed by atoms with Crippen molar-refractivity contribution in [2.45, 2.75) is 19.3 Å². The fourth-order valence-electron chi connectivity index (χ4n) is 2.92. The Morgan fingerprint density at radius 3 is 2.48 bits per heavy atom. The van der Waals surface area contributed by atoms with E-state index in [1.54, 1.807) is 18.1 Å². The first-order chi connectivity index (χ1) is 12.1. The maximum absolute atomic E-state index is 12.3. The summed E-state index contributed by atoms with van der Waals surface area (Å²) in [5, 5.41) is 5.60. The highest BCUT2D eigenvalue weighted by Crippen LogP contribution is 2.29. The Bertz CT molecular complexity index is 672. The van der Waals surface area contributed by atoms with Gasteiger partial charge in [-0.1, -0.05) is 6.07 Å². The number of ether oxygens (including phenoxy) is 1. The molecule has 7 heteroatoms. The van der Waals surface area contributed by atoms with Crippen molar-refractivity contribution in [3.05, 3.63) is 24.3 Å². The fraction of sp³-hybridized carbons (Fsp3) is 0.500. The van der Waals surface area contributed by atoms with Crippen LogP contribution >= 0.6 is 0 Å². The van der Waals surface area contributed by atoms with E-state index in [1.165, 1.54) is 0 Å². The van der Waals surface area contributed by atoms with Crippen molar-refractivity contribution in [2.24, 2.45) is 11.8 Å². The van der Waals surface area contributed by atoms with Gasteiger partial charge in [-0.05, 0) is 25.0 Å². The molecule has 134 valence electrons. The van der Waals surface area contributed by atoms with Gasteiger partial charge in [0.1, 0.15) is 5.75 Å². The Balaban J connectivity index is 1.47. The summed E-state index contributed by atoms with van der Waals surface area (Å²) in [5.74, 6) is 0.298. The summed E-state index contributed by atoms with van der Waals surface area (Å²) in [6.45, 7) is 1.15. The minimum atomic E-state index is -0.377. The van der Waals surface area contributed by atoms with Crippen molar-refractivity contribution in [3.63, 3.8) is 0 Å². The van der Waals surface area contributed by atoms with Crippen molar-refractivity contribution in [3.8, 4) is 5.75 Å². The van der Waals surface area contributed by atoms with Gasteiger partial charge < -0.3 is 20.3 Å². The number of amides is 3. The van der Waals surface area contributed by atoms with Crippen LogP contribution in [0.1, 0.15) is 19.3 Å². The first-order valence-electron chi connectivity index (χ1n) is 8.58. The molecule has 0 aromatic heterocycles. The van der Waals surface area contributed by atoms with E-state index in [9.17, 15) is 14.4 Å². The number of hydrogen-bond donors (Lipinski definition) is 2. The van der Waals surface area contributed by atoms with Crippen LogP contribution in [0, 0.1) is 11.8 Å². The van der Waals surface area contributed by atoms with Crippen LogP contribution in [-0.4, -0.2) is 44.5 Å². The second-order valence-corrected chi connectivity index (χ2v) is 6.46. The van der Waals surface area contributed by atoms with E-state index in [0.717, 1.165) is 18.5 Å². The van der Waals surface area contributed by atoms with Gasteiger partial charge >= 0.3 is 0 Å². The van der Waals surface area contributed by atoms with E-state index in [-0.39, 0.29) is 36.0 Å². The van der Waals surface area contributed by atoms with E-state index < -0.39 is 0 Å². The minimum absolute atomic E-state index is 0.0643. The first kappa shape index (κ1) is 17.3. The normalized spacial score (nSPS) is 19.6. The lowest BCUT2D eigenvalue weighted by Crippen LogP contribution is -2.38. The number of carbonyl (C=O) groups excluding carboxylic acids is 3. The molecule has 1 saturated carbocycles. The van der Waals surface area contributed by atoms with Gasteiger partial charge in [0.05, 0.1) is 13.0 Å². The van der Waals surface area contributed by atoms with Crippen LogP contribution in [0.25, 0.3) is 0 Å². The predicted octanol–water partition coefficient (Wildman–Crippen LogP) is 0.690. The summed E-state index contributed by atoms with van der Waals surface area (Å²) < 4.78 is 5.18. The third kappa shape index (κ3) is 4.29. The molecule has 0 unspecified atom stereocenters. The average Bonchev–Trinajstić information content (AvgIpc) is 3.40. The van der Waals surface area contributed by atoms with Gasteiger partial charge in [0.25, 0.3) is 0 Å². The lowest BCUT2D eigenvalue weighted by molar-refractivity contribution is -0.126. The van der Waals surface area contributed by atoms with E-state index in [2.05, 4.69) is 10.6 Å². The van der Waals surface area contributed by atoms with Crippen molar-refractivity contribution in [2.75, 3.05) is 31.6 Å². The molecule has 7 nitrogen and oxygen atoms in total. The van der Waals surface area contributed by atoms with Crippen LogP contribution in [-0.2, 0) is 14.4 Å². The average molecular weight is 345 g/mol. The van der Waals surface area contributed by atoms with Crippen LogP contribution in [0.2, 0.25) is 0 Å². The molecule has 1 atom stereocenters. The number of benzene rings is 1. The largest absolute Gasteiger partial charge is 0.497 e. The van der Waals surface area contributed by atoms with Gasteiger partial charge in [-0.25, -0.2) is 0 Å². The van der Waals surface area contributed by atoms with Gasteiger partial charge in [-0.2, -0.15) is 0 Å². The third-order valence-corrected chi connectivity index (χ3v) is 4.53. The monoisotopic (exact) mass is 345 g/mol. The lowest BCUT2D eigenvalue weighted by atomic mass is 10.1. The summed E-state index contributed by atoms with van der Waals surface area (Å²) >= 11 is 0. The summed E-state index contributed by atoms with van der Waals surface area (Å²) in [7, 11) is 1.57. The molecule has 3 amide bonds. The third-order valence-electron chi connectivity index (χ3n) is 4.53. The molecule has 1 aliphatic carbocycles. The Labute approximate surface area is 146 Å². The maximum atomic E-state index is 12.3. The van der Waals surface area contributed by atoms with Crippen LogP contribution in [0.5, 0.6) is 5.75 Å². The molecule has 2 fully saturated rings. The van der Waals surface area contributed by atoms with E-state index in [1.807, 2.05) is 18.2 Å². The Kier molecular flexibility index (Phi) is 5.21. The van der Waals surface area contributed by atoms with Crippen LogP contribution < -0.4 is 20.3 Å². The molecule has 0 radical (unpaired) electrons. The molecule has 25 heavy (non-hydrogen) atoms. The summed E-state index contributed by atoms with van der Waals surface area (Å²) in [5.41, 5.74) is 0.733. The molecule has 0 spiro atoms. The zero-order chi connectivity index (χ0) is 17.8. The molecule has 1 aliphatic heterocycles. The highest BCUT2D eigenvalue weighted by Gasteiger charge is 2.35. The quantitative estimate of drug-likeness (QED) is 0.712. The van der Waals surface area contributed by atoms with Crippen LogP contribution in [0.3, 0.4) is 0 Å². The molecule has 1 aromatic carbocycles. The van der Waals surface area contributed by atoms with Crippen molar-refractivity contribution >= 4 is 23.4 Å². The fourth-order valence-corrected chi connectivity index (χ4v) is 2.92. The van der Waals surface area contributed by atoms with Crippen LogP contribution in [0.4, 0.5) is 5.69 Å². The molecule has 2 aliphatic rings. The molecule has 1 aromatic rings. The molecule has 1 saturated heterocycles. The Morgan fingerprint density at radius 1 is 1.16 bits per heavy atom. The van der Waals surface area contributed by atoms with Crippen molar-refractivity contribution in [1.29, 1.82) is 0 Å². The van der Waals surface area contributed by atoms with E-state index in [4.69, 9.17) is 4.74 Å². The van der Waals surface area contributed by atoms with Gasteiger partial charge in [0.15, 0.2) is 0 Å². The summed E-state index contributed by atoms with van der Waals surface area (Å²) in [6, 6.07) is 7.24. The minimum Gasteiger partial charge on any atom is -0.497 e. The van der Waals surface area contributed by atoms with Gasteiger partial charge in [0.2, 0.25) is 17.7 Å². The van der Waals surface area contributed by atoms with E-state index in [0.29, 0.717) is 25.4 Å². The van der Waals surface area contributed by atoms with Gasteiger partial charge in [-0.15, -0.1) is 0 Å². The summed E-state index contributed by atoms with van der Waals surface area (Å²) in [4.78, 5) is 37.6. The molecule has 2 N–H and O–H groups in total. The number of rotatable bonds is 7. The second-order valence-electron chi connectivity index (χ2n) is 6.46. The first-order valence-corrected chi connectivity index (χ1v) is 8.58. The molecule has 0 bridgehead atoms. The highest BCUT2D eigenvalue weighted by atomic mass is 16.5. The number of nitrogens with one attached hydrogen (secondary N) is 2. The van der Waals surface area contributed by atoms with Gasteiger partial charge in [0, 0.05) is 43.7 Å². The molecule has 3 rings (SSSR count). The van der Waals surface area contributed by atoms with Gasteiger partial charge in [-0.3, -0.25) is 14.4 Å². The number of carbonyl (C=O) groups is 3.